The van der Waals surface area contributed by atoms with Gasteiger partial charge < -0.3 is 19.1 Å². The van der Waals surface area contributed by atoms with E-state index < -0.39 is 5.25 Å². The third-order valence-electron chi connectivity index (χ3n) is 4.62. The van der Waals surface area contributed by atoms with E-state index in [0.717, 1.165) is 5.75 Å². The first-order chi connectivity index (χ1) is 14.2. The second kappa shape index (κ2) is 9.34. The largest absolute Gasteiger partial charge is 0.483 e. The van der Waals surface area contributed by atoms with Gasteiger partial charge in [0.2, 0.25) is 5.91 Å². The molecule has 3 aromatic rings. The molecule has 3 rings (SSSR count). The zero-order chi connectivity index (χ0) is 21.8. The molecule has 2 aromatic heterocycles. The molecule has 2 atom stereocenters. The Labute approximate surface area is 180 Å². The van der Waals surface area contributed by atoms with E-state index in [1.807, 2.05) is 30.7 Å². The van der Waals surface area contributed by atoms with E-state index >= 15 is 0 Å². The maximum absolute atomic E-state index is 12.4. The molecule has 0 fully saturated rings. The fourth-order valence-corrected chi connectivity index (χ4v) is 3.66. The van der Waals surface area contributed by atoms with Crippen molar-refractivity contribution in [2.45, 2.75) is 57.0 Å². The molecule has 2 unspecified atom stereocenters. The zero-order valence-electron chi connectivity index (χ0n) is 18.0. The highest BCUT2D eigenvalue weighted by molar-refractivity contribution is 8.00. The van der Waals surface area contributed by atoms with Gasteiger partial charge in [-0.2, -0.15) is 0 Å². The van der Waals surface area contributed by atoms with Crippen molar-refractivity contribution in [3.8, 4) is 5.75 Å². The molecule has 0 saturated carbocycles. The van der Waals surface area contributed by atoms with Gasteiger partial charge in [-0.05, 0) is 44.4 Å². The number of rotatable bonds is 8. The molecule has 0 aliphatic rings. The zero-order valence-corrected chi connectivity index (χ0v) is 18.9. The Morgan fingerprint density at radius 1 is 1.17 bits per heavy atom. The van der Waals surface area contributed by atoms with E-state index in [9.17, 15) is 4.79 Å². The summed E-state index contributed by atoms with van der Waals surface area (Å²) in [6.45, 7) is 9.82. The highest BCUT2D eigenvalue weighted by Gasteiger charge is 2.22. The van der Waals surface area contributed by atoms with E-state index in [0.29, 0.717) is 28.5 Å². The van der Waals surface area contributed by atoms with Crippen LogP contribution in [0.2, 0.25) is 0 Å². The van der Waals surface area contributed by atoms with Crippen LogP contribution in [0.15, 0.2) is 40.0 Å². The molecule has 1 aromatic carbocycles. The maximum atomic E-state index is 12.4. The average Bonchev–Trinajstić information content (AvgIpc) is 3.27. The number of hydrogen-bond acceptors (Lipinski definition) is 7. The number of nitrogens with zero attached hydrogens (tertiary/aromatic N) is 4. The number of anilines is 1. The van der Waals surface area contributed by atoms with Gasteiger partial charge in [0, 0.05) is 13.1 Å². The Balaban J connectivity index is 1.62. The molecule has 1 N–H and O–H groups in total. The van der Waals surface area contributed by atoms with Crippen LogP contribution in [-0.4, -0.2) is 31.1 Å². The minimum absolute atomic E-state index is 0.188. The van der Waals surface area contributed by atoms with Crippen molar-refractivity contribution in [2.24, 2.45) is 7.05 Å². The monoisotopic (exact) mass is 429 g/mol. The van der Waals surface area contributed by atoms with E-state index in [1.165, 1.54) is 17.3 Å². The summed E-state index contributed by atoms with van der Waals surface area (Å²) in [5.41, 5.74) is 1.26. The Kier molecular flexibility index (Phi) is 6.81. The molecule has 160 valence electrons. The van der Waals surface area contributed by atoms with Crippen molar-refractivity contribution < 1.29 is 14.1 Å². The van der Waals surface area contributed by atoms with Gasteiger partial charge in [-0.25, -0.2) is 0 Å². The van der Waals surface area contributed by atoms with Crippen molar-refractivity contribution >= 4 is 23.5 Å². The molecule has 0 aliphatic heterocycles. The second-order valence-electron chi connectivity index (χ2n) is 7.46. The summed E-state index contributed by atoms with van der Waals surface area (Å²) in [7, 11) is 1.87. The van der Waals surface area contributed by atoms with Gasteiger partial charge in [0.05, 0.1) is 5.25 Å². The van der Waals surface area contributed by atoms with Crippen molar-refractivity contribution in [3.63, 3.8) is 0 Å². The van der Waals surface area contributed by atoms with Crippen LogP contribution in [0.5, 0.6) is 5.75 Å². The third-order valence-corrected chi connectivity index (χ3v) is 5.76. The molecule has 0 radical (unpaired) electrons. The lowest BCUT2D eigenvalue weighted by Crippen LogP contribution is -2.23. The number of nitrogens with one attached hydrogen (secondary N) is 1. The van der Waals surface area contributed by atoms with Gasteiger partial charge in [0.1, 0.15) is 11.5 Å². The summed E-state index contributed by atoms with van der Waals surface area (Å²) in [4.78, 5) is 12.4. The van der Waals surface area contributed by atoms with E-state index in [1.54, 1.807) is 19.9 Å². The van der Waals surface area contributed by atoms with Gasteiger partial charge in [0.25, 0.3) is 0 Å². The van der Waals surface area contributed by atoms with Crippen LogP contribution < -0.4 is 10.1 Å². The molecule has 2 heterocycles. The number of hydrogen-bond donors (Lipinski definition) is 1. The van der Waals surface area contributed by atoms with Crippen molar-refractivity contribution in [3.05, 3.63) is 47.5 Å². The van der Waals surface area contributed by atoms with Crippen LogP contribution in [0, 0.1) is 6.92 Å². The van der Waals surface area contributed by atoms with Gasteiger partial charge in [0.15, 0.2) is 22.9 Å². The van der Waals surface area contributed by atoms with Crippen molar-refractivity contribution in [1.29, 1.82) is 0 Å². The molecular weight excluding hydrogens is 402 g/mol. The number of ether oxygens (including phenoxy) is 1. The van der Waals surface area contributed by atoms with Crippen molar-refractivity contribution in [2.75, 3.05) is 5.32 Å². The lowest BCUT2D eigenvalue weighted by Gasteiger charge is -2.15. The first-order valence-corrected chi connectivity index (χ1v) is 10.7. The van der Waals surface area contributed by atoms with Crippen molar-refractivity contribution in [1.82, 2.24) is 19.9 Å². The number of aromatic nitrogens is 4. The Morgan fingerprint density at radius 3 is 2.47 bits per heavy atom. The fourth-order valence-electron chi connectivity index (χ4n) is 2.84. The first-order valence-electron chi connectivity index (χ1n) is 9.81. The fraction of sp³-hybridized carbons (Fsp3) is 0.429. The summed E-state index contributed by atoms with van der Waals surface area (Å²) in [5.74, 6) is 2.78. The minimum atomic E-state index is -0.391. The minimum Gasteiger partial charge on any atom is -0.483 e. The summed E-state index contributed by atoms with van der Waals surface area (Å²) in [6.07, 6.45) is -0.288. The maximum Gasteiger partial charge on any atom is 0.238 e. The lowest BCUT2D eigenvalue weighted by molar-refractivity contribution is -0.115. The average molecular weight is 430 g/mol. The third kappa shape index (κ3) is 5.21. The number of carbonyl (C=O) groups excluding carboxylic acids is 1. The topological polar surface area (TPSA) is 95.1 Å². The molecule has 9 heteroatoms. The van der Waals surface area contributed by atoms with Gasteiger partial charge in [-0.15, -0.1) is 10.2 Å². The number of benzene rings is 1. The summed E-state index contributed by atoms with van der Waals surface area (Å²) in [5, 5.41) is 15.2. The van der Waals surface area contributed by atoms with E-state index in [-0.39, 0.29) is 12.0 Å². The Bertz CT molecular complexity index is 996. The molecule has 0 spiro atoms. The van der Waals surface area contributed by atoms with Crippen LogP contribution in [0.25, 0.3) is 0 Å². The second-order valence-corrected chi connectivity index (χ2v) is 8.76. The smallest absolute Gasteiger partial charge is 0.238 e. The Hall–Kier alpha value is -2.81. The predicted octanol–water partition coefficient (Wildman–Crippen LogP) is 4.49. The normalized spacial score (nSPS) is 13.3. The lowest BCUT2D eigenvalue weighted by atomic mass is 10.0. The van der Waals surface area contributed by atoms with E-state index in [2.05, 4.69) is 46.7 Å². The Morgan fingerprint density at radius 2 is 1.87 bits per heavy atom. The molecular formula is C21H27N5O3S. The molecule has 0 aliphatic carbocycles. The number of thioether (sulfide) groups is 1. The van der Waals surface area contributed by atoms with E-state index in [4.69, 9.17) is 9.26 Å². The van der Waals surface area contributed by atoms with Crippen LogP contribution in [0.4, 0.5) is 5.82 Å². The summed E-state index contributed by atoms with van der Waals surface area (Å²) >= 11 is 1.32. The summed E-state index contributed by atoms with van der Waals surface area (Å²) < 4.78 is 12.8. The molecule has 1 amide bonds. The predicted molar refractivity (Wildman–Crippen MR) is 116 cm³/mol. The van der Waals surface area contributed by atoms with Gasteiger partial charge in [-0.3, -0.25) is 4.79 Å². The molecule has 0 saturated heterocycles. The SMILES string of the molecule is Cc1cc(NC(=O)C(C)Sc2nnc(C(C)Oc3ccc(C(C)C)cc3)n2C)no1. The summed E-state index contributed by atoms with van der Waals surface area (Å²) in [6, 6.07) is 9.75. The number of amides is 1. The number of aryl methyl sites for hydroxylation is 1. The van der Waals surface area contributed by atoms with Gasteiger partial charge >= 0.3 is 0 Å². The van der Waals surface area contributed by atoms with Gasteiger partial charge in [-0.1, -0.05) is 42.9 Å². The molecule has 8 nitrogen and oxygen atoms in total. The molecule has 30 heavy (non-hydrogen) atoms. The van der Waals surface area contributed by atoms with Crippen LogP contribution in [-0.2, 0) is 11.8 Å². The standard InChI is InChI=1S/C21H27N5O3S/c1-12(2)16-7-9-17(10-8-16)28-14(4)19-23-24-21(26(19)6)30-15(5)20(27)22-18-11-13(3)29-25-18/h7-12,14-15H,1-6H3,(H,22,25,27). The van der Waals surface area contributed by atoms with Crippen LogP contribution >= 0.6 is 11.8 Å². The number of carbonyl (C=O) groups is 1. The highest BCUT2D eigenvalue weighted by atomic mass is 32.2. The van der Waals surface area contributed by atoms with Crippen LogP contribution in [0.1, 0.15) is 56.9 Å². The highest BCUT2D eigenvalue weighted by Crippen LogP contribution is 2.27. The first kappa shape index (κ1) is 21.9. The quantitative estimate of drug-likeness (QED) is 0.527. The van der Waals surface area contributed by atoms with Crippen LogP contribution in [0.3, 0.4) is 0 Å². The molecule has 0 bridgehead atoms.